The summed E-state index contributed by atoms with van der Waals surface area (Å²) in [7, 11) is 0. The van der Waals surface area contributed by atoms with Crippen molar-refractivity contribution in [2.24, 2.45) is 4.99 Å². The lowest BCUT2D eigenvalue weighted by atomic mass is 10.2. The van der Waals surface area contributed by atoms with Crippen LogP contribution in [0.25, 0.3) is 0 Å². The van der Waals surface area contributed by atoms with E-state index in [1.165, 1.54) is 0 Å². The molecule has 1 N–H and O–H groups in total. The lowest BCUT2D eigenvalue weighted by molar-refractivity contribution is -0.130. The second-order valence-electron chi connectivity index (χ2n) is 6.53. The van der Waals surface area contributed by atoms with Crippen molar-refractivity contribution in [2.45, 2.75) is 46.5 Å². The molecule has 0 radical (unpaired) electrons. The standard InChI is InChI=1S/C17H30N6O2/c1-5-18-17(23-11-9-22(10-12-23)14(4)24)19-8-6-7-15-20-16(13(2)3)21-25-15/h13H,5-12H2,1-4H3,(H,18,19). The molecule has 0 aromatic carbocycles. The van der Waals surface area contributed by atoms with Crippen LogP contribution in [0.2, 0.25) is 0 Å². The van der Waals surface area contributed by atoms with Gasteiger partial charge in [-0.05, 0) is 13.3 Å². The van der Waals surface area contributed by atoms with Crippen LogP contribution in [-0.4, -0.2) is 71.1 Å². The molecule has 8 nitrogen and oxygen atoms in total. The minimum Gasteiger partial charge on any atom is -0.357 e. The van der Waals surface area contributed by atoms with Crippen molar-refractivity contribution in [3.8, 4) is 0 Å². The molecule has 1 saturated heterocycles. The zero-order valence-electron chi connectivity index (χ0n) is 15.8. The first-order valence-electron chi connectivity index (χ1n) is 9.12. The fourth-order valence-electron chi connectivity index (χ4n) is 2.68. The van der Waals surface area contributed by atoms with Gasteiger partial charge in [-0.2, -0.15) is 4.98 Å². The minimum atomic E-state index is 0.141. The molecule has 25 heavy (non-hydrogen) atoms. The summed E-state index contributed by atoms with van der Waals surface area (Å²) in [4.78, 5) is 24.6. The highest BCUT2D eigenvalue weighted by Gasteiger charge is 2.20. The Morgan fingerprint density at radius 3 is 2.52 bits per heavy atom. The van der Waals surface area contributed by atoms with Crippen LogP contribution in [0.5, 0.6) is 0 Å². The van der Waals surface area contributed by atoms with E-state index in [-0.39, 0.29) is 11.8 Å². The summed E-state index contributed by atoms with van der Waals surface area (Å²) < 4.78 is 5.26. The highest BCUT2D eigenvalue weighted by atomic mass is 16.5. The van der Waals surface area contributed by atoms with Crippen molar-refractivity contribution >= 4 is 11.9 Å². The van der Waals surface area contributed by atoms with Gasteiger partial charge in [-0.1, -0.05) is 19.0 Å². The maximum atomic E-state index is 11.4. The zero-order valence-corrected chi connectivity index (χ0v) is 15.8. The normalized spacial score (nSPS) is 15.8. The predicted octanol–water partition coefficient (Wildman–Crippen LogP) is 1.26. The maximum Gasteiger partial charge on any atom is 0.226 e. The molecule has 1 aromatic heterocycles. The summed E-state index contributed by atoms with van der Waals surface area (Å²) in [6.45, 7) is 12.4. The Hall–Kier alpha value is -2.12. The van der Waals surface area contributed by atoms with Crippen LogP contribution in [0.1, 0.15) is 51.7 Å². The summed E-state index contributed by atoms with van der Waals surface area (Å²) in [6.07, 6.45) is 1.60. The molecule has 1 amide bonds. The third-order valence-corrected chi connectivity index (χ3v) is 4.17. The van der Waals surface area contributed by atoms with Crippen LogP contribution in [-0.2, 0) is 11.2 Å². The number of carbonyl (C=O) groups is 1. The average Bonchev–Trinajstić information content (AvgIpc) is 3.07. The van der Waals surface area contributed by atoms with Crippen LogP contribution in [0.3, 0.4) is 0 Å². The summed E-state index contributed by atoms with van der Waals surface area (Å²) in [5.74, 6) is 2.78. The number of carbonyl (C=O) groups excluding carboxylic acids is 1. The number of amides is 1. The van der Waals surface area contributed by atoms with Crippen LogP contribution in [0, 0.1) is 0 Å². The van der Waals surface area contributed by atoms with E-state index in [1.54, 1.807) is 6.92 Å². The molecule has 0 aliphatic carbocycles. The maximum absolute atomic E-state index is 11.4. The van der Waals surface area contributed by atoms with E-state index in [0.717, 1.165) is 57.3 Å². The van der Waals surface area contributed by atoms with Crippen LogP contribution < -0.4 is 5.32 Å². The van der Waals surface area contributed by atoms with E-state index in [9.17, 15) is 4.79 Å². The van der Waals surface area contributed by atoms with Gasteiger partial charge in [0.1, 0.15) is 0 Å². The number of hydrogen-bond donors (Lipinski definition) is 1. The molecule has 0 spiro atoms. The number of piperazine rings is 1. The van der Waals surface area contributed by atoms with Crippen molar-refractivity contribution < 1.29 is 9.32 Å². The fraction of sp³-hybridized carbons (Fsp3) is 0.765. The molecule has 2 rings (SSSR count). The number of aliphatic imine (C=N–C) groups is 1. The van der Waals surface area contributed by atoms with Crippen molar-refractivity contribution in [1.29, 1.82) is 0 Å². The molecule has 2 heterocycles. The predicted molar refractivity (Wildman–Crippen MR) is 96.5 cm³/mol. The number of hydrogen-bond acceptors (Lipinski definition) is 5. The van der Waals surface area contributed by atoms with Gasteiger partial charge in [-0.15, -0.1) is 0 Å². The highest BCUT2D eigenvalue weighted by molar-refractivity contribution is 5.80. The Balaban J connectivity index is 1.82. The SMILES string of the molecule is CCNC(=NCCCc1nc(C(C)C)no1)N1CCN(C(C)=O)CC1. The van der Waals surface area contributed by atoms with Crippen LogP contribution >= 0.6 is 0 Å². The summed E-state index contributed by atoms with van der Waals surface area (Å²) in [5, 5.41) is 7.31. The van der Waals surface area contributed by atoms with Crippen molar-refractivity contribution in [3.05, 3.63) is 11.7 Å². The summed E-state index contributed by atoms with van der Waals surface area (Å²) in [5.41, 5.74) is 0. The van der Waals surface area contributed by atoms with Gasteiger partial charge in [0.15, 0.2) is 11.8 Å². The van der Waals surface area contributed by atoms with Crippen LogP contribution in [0.4, 0.5) is 0 Å². The largest absolute Gasteiger partial charge is 0.357 e. The third kappa shape index (κ3) is 5.72. The Bertz CT molecular complexity index is 575. The molecule has 0 bridgehead atoms. The molecule has 0 atom stereocenters. The molecule has 1 fully saturated rings. The molecule has 1 aromatic rings. The van der Waals surface area contributed by atoms with Gasteiger partial charge in [-0.25, -0.2) is 0 Å². The van der Waals surface area contributed by atoms with Gasteiger partial charge in [0.25, 0.3) is 0 Å². The zero-order chi connectivity index (χ0) is 18.2. The van der Waals surface area contributed by atoms with Crippen LogP contribution in [0.15, 0.2) is 9.52 Å². The Labute approximate surface area is 149 Å². The number of nitrogens with zero attached hydrogens (tertiary/aromatic N) is 5. The van der Waals surface area contributed by atoms with E-state index < -0.39 is 0 Å². The van der Waals surface area contributed by atoms with Crippen molar-refractivity contribution in [3.63, 3.8) is 0 Å². The van der Waals surface area contributed by atoms with Crippen molar-refractivity contribution in [1.82, 2.24) is 25.3 Å². The molecular weight excluding hydrogens is 320 g/mol. The quantitative estimate of drug-likeness (QED) is 0.472. The van der Waals surface area contributed by atoms with E-state index in [0.29, 0.717) is 12.4 Å². The smallest absolute Gasteiger partial charge is 0.226 e. The lowest BCUT2D eigenvalue weighted by Crippen LogP contribution is -2.53. The monoisotopic (exact) mass is 350 g/mol. The Morgan fingerprint density at radius 2 is 1.96 bits per heavy atom. The van der Waals surface area contributed by atoms with Gasteiger partial charge < -0.3 is 19.6 Å². The first-order valence-corrected chi connectivity index (χ1v) is 9.12. The van der Waals surface area contributed by atoms with Gasteiger partial charge in [-0.3, -0.25) is 9.79 Å². The highest BCUT2D eigenvalue weighted by Crippen LogP contribution is 2.10. The first kappa shape index (κ1) is 19.2. The topological polar surface area (TPSA) is 86.9 Å². The number of nitrogens with one attached hydrogen (secondary N) is 1. The first-order chi connectivity index (χ1) is 12.0. The molecular formula is C17H30N6O2. The molecule has 1 aliphatic heterocycles. The number of aryl methyl sites for hydroxylation is 1. The molecule has 1 aliphatic rings. The minimum absolute atomic E-state index is 0.141. The van der Waals surface area contributed by atoms with Gasteiger partial charge in [0.05, 0.1) is 0 Å². The summed E-state index contributed by atoms with van der Waals surface area (Å²) >= 11 is 0. The Morgan fingerprint density at radius 1 is 1.28 bits per heavy atom. The number of aromatic nitrogens is 2. The molecule has 0 unspecified atom stereocenters. The average molecular weight is 350 g/mol. The second kappa shape index (κ2) is 9.39. The van der Waals surface area contributed by atoms with E-state index in [2.05, 4.69) is 27.3 Å². The molecule has 0 saturated carbocycles. The van der Waals surface area contributed by atoms with E-state index in [1.807, 2.05) is 18.7 Å². The Kier molecular flexibility index (Phi) is 7.21. The van der Waals surface area contributed by atoms with Crippen molar-refractivity contribution in [2.75, 3.05) is 39.3 Å². The number of rotatable bonds is 6. The van der Waals surface area contributed by atoms with E-state index in [4.69, 9.17) is 9.52 Å². The lowest BCUT2D eigenvalue weighted by Gasteiger charge is -2.36. The number of guanidine groups is 1. The second-order valence-corrected chi connectivity index (χ2v) is 6.53. The fourth-order valence-corrected chi connectivity index (χ4v) is 2.68. The molecule has 140 valence electrons. The van der Waals surface area contributed by atoms with E-state index >= 15 is 0 Å². The summed E-state index contributed by atoms with van der Waals surface area (Å²) in [6, 6.07) is 0. The van der Waals surface area contributed by atoms with Gasteiger partial charge >= 0.3 is 0 Å². The molecule has 8 heteroatoms. The van der Waals surface area contributed by atoms with Gasteiger partial charge in [0, 0.05) is 58.5 Å². The third-order valence-electron chi connectivity index (χ3n) is 4.17. The van der Waals surface area contributed by atoms with Gasteiger partial charge in [0.2, 0.25) is 11.8 Å².